The van der Waals surface area contributed by atoms with Gasteiger partial charge in [0, 0.05) is 20.1 Å². The lowest BCUT2D eigenvalue weighted by atomic mass is 10.1. The van der Waals surface area contributed by atoms with Crippen LogP contribution >= 0.6 is 0 Å². The molecule has 3 N–H and O–H groups in total. The molecule has 0 radical (unpaired) electrons. The van der Waals surface area contributed by atoms with Gasteiger partial charge in [-0.05, 0) is 41.5 Å². The standard InChI is InChI=1S/C13H28N4O2/c1-8-15-10(14-7)16-9-13(5,6)17-11(18)19-12(2,3)4/h8-9H2,1-7H3,(H,17,18)(H2,14,15,16). The predicted molar refractivity (Wildman–Crippen MR) is 78.5 cm³/mol. The van der Waals surface area contributed by atoms with Crippen LogP contribution in [0.15, 0.2) is 4.99 Å². The summed E-state index contributed by atoms with van der Waals surface area (Å²) in [7, 11) is 1.71. The highest BCUT2D eigenvalue weighted by atomic mass is 16.6. The molecule has 6 heteroatoms. The molecule has 112 valence electrons. The lowest BCUT2D eigenvalue weighted by Gasteiger charge is -2.29. The first-order chi connectivity index (χ1) is 8.59. The number of nitrogens with one attached hydrogen (secondary N) is 3. The number of ether oxygens (including phenoxy) is 1. The van der Waals surface area contributed by atoms with Crippen LogP contribution in [0.25, 0.3) is 0 Å². The Kier molecular flexibility index (Phi) is 6.65. The highest BCUT2D eigenvalue weighted by Crippen LogP contribution is 2.08. The summed E-state index contributed by atoms with van der Waals surface area (Å²) in [4.78, 5) is 15.8. The molecule has 0 spiro atoms. The Bertz CT molecular complexity index is 319. The van der Waals surface area contributed by atoms with E-state index in [0.717, 1.165) is 6.54 Å². The number of rotatable bonds is 4. The van der Waals surface area contributed by atoms with Gasteiger partial charge < -0.3 is 20.7 Å². The molecule has 0 aliphatic heterocycles. The molecule has 0 aromatic rings. The maximum atomic E-state index is 11.7. The summed E-state index contributed by atoms with van der Waals surface area (Å²) in [6.07, 6.45) is -0.419. The number of carbonyl (C=O) groups is 1. The minimum atomic E-state index is -0.493. The van der Waals surface area contributed by atoms with Gasteiger partial charge in [-0.15, -0.1) is 0 Å². The smallest absolute Gasteiger partial charge is 0.408 e. The number of aliphatic imine (C=N–C) groups is 1. The van der Waals surface area contributed by atoms with Gasteiger partial charge in [0.2, 0.25) is 0 Å². The molecule has 1 amide bonds. The molecule has 19 heavy (non-hydrogen) atoms. The highest BCUT2D eigenvalue weighted by molar-refractivity contribution is 5.79. The molecule has 0 aromatic carbocycles. The number of carbonyl (C=O) groups excluding carboxylic acids is 1. The van der Waals surface area contributed by atoms with Gasteiger partial charge in [0.05, 0.1) is 5.54 Å². The number of hydrogen-bond acceptors (Lipinski definition) is 3. The van der Waals surface area contributed by atoms with Gasteiger partial charge in [-0.2, -0.15) is 0 Å². The van der Waals surface area contributed by atoms with Crippen LogP contribution < -0.4 is 16.0 Å². The summed E-state index contributed by atoms with van der Waals surface area (Å²) in [5.74, 6) is 0.710. The number of amides is 1. The van der Waals surface area contributed by atoms with Gasteiger partial charge in [-0.1, -0.05) is 0 Å². The summed E-state index contributed by atoms with van der Waals surface area (Å²) in [6, 6.07) is 0. The van der Waals surface area contributed by atoms with Crippen molar-refractivity contribution in [3.8, 4) is 0 Å². The van der Waals surface area contributed by atoms with E-state index in [1.807, 2.05) is 41.5 Å². The number of nitrogens with zero attached hydrogens (tertiary/aromatic N) is 1. The Labute approximate surface area is 116 Å². The van der Waals surface area contributed by atoms with Crippen LogP contribution in [0.4, 0.5) is 4.79 Å². The lowest BCUT2D eigenvalue weighted by Crippen LogP contribution is -2.54. The van der Waals surface area contributed by atoms with E-state index >= 15 is 0 Å². The van der Waals surface area contributed by atoms with E-state index in [9.17, 15) is 4.79 Å². The third kappa shape index (κ3) is 9.16. The largest absolute Gasteiger partial charge is 0.444 e. The van der Waals surface area contributed by atoms with Crippen LogP contribution in [0.5, 0.6) is 0 Å². The third-order valence-electron chi connectivity index (χ3n) is 2.10. The average molecular weight is 272 g/mol. The molecule has 0 atom stereocenters. The van der Waals surface area contributed by atoms with E-state index in [0.29, 0.717) is 12.5 Å². The first kappa shape index (κ1) is 17.5. The molecule has 0 rings (SSSR count). The van der Waals surface area contributed by atoms with Gasteiger partial charge in [0.25, 0.3) is 0 Å². The molecular formula is C13H28N4O2. The van der Waals surface area contributed by atoms with Crippen LogP contribution in [0.3, 0.4) is 0 Å². The van der Waals surface area contributed by atoms with Gasteiger partial charge in [-0.3, -0.25) is 4.99 Å². The van der Waals surface area contributed by atoms with E-state index in [-0.39, 0.29) is 0 Å². The van der Waals surface area contributed by atoms with E-state index in [1.54, 1.807) is 7.05 Å². The Morgan fingerprint density at radius 1 is 1.16 bits per heavy atom. The molecule has 0 aromatic heterocycles. The van der Waals surface area contributed by atoms with Gasteiger partial charge in [0.1, 0.15) is 5.60 Å². The van der Waals surface area contributed by atoms with Crippen molar-refractivity contribution in [2.75, 3.05) is 20.1 Å². The second-order valence-electron chi connectivity index (χ2n) is 5.97. The number of hydrogen-bond donors (Lipinski definition) is 3. The van der Waals surface area contributed by atoms with Gasteiger partial charge in [-0.25, -0.2) is 4.79 Å². The van der Waals surface area contributed by atoms with Crippen molar-refractivity contribution < 1.29 is 9.53 Å². The van der Waals surface area contributed by atoms with Crippen molar-refractivity contribution in [3.05, 3.63) is 0 Å². The number of guanidine groups is 1. The summed E-state index contributed by atoms with van der Waals surface area (Å²) in [6.45, 7) is 12.7. The fourth-order valence-corrected chi connectivity index (χ4v) is 1.32. The summed E-state index contributed by atoms with van der Waals surface area (Å²) >= 11 is 0. The van der Waals surface area contributed by atoms with Crippen molar-refractivity contribution in [2.45, 2.75) is 52.7 Å². The molecule has 0 saturated heterocycles. The monoisotopic (exact) mass is 272 g/mol. The molecule has 6 nitrogen and oxygen atoms in total. The van der Waals surface area contributed by atoms with E-state index in [4.69, 9.17) is 4.74 Å². The Hall–Kier alpha value is -1.46. The van der Waals surface area contributed by atoms with Gasteiger partial charge in [0.15, 0.2) is 5.96 Å². The van der Waals surface area contributed by atoms with Crippen molar-refractivity contribution in [2.24, 2.45) is 4.99 Å². The Balaban J connectivity index is 4.28. The van der Waals surface area contributed by atoms with Crippen LogP contribution in [-0.4, -0.2) is 43.3 Å². The van der Waals surface area contributed by atoms with E-state index in [1.165, 1.54) is 0 Å². The van der Waals surface area contributed by atoms with E-state index < -0.39 is 17.2 Å². The quantitative estimate of drug-likeness (QED) is 0.535. The molecule has 0 fully saturated rings. The molecule has 0 unspecified atom stereocenters. The predicted octanol–water partition coefficient (Wildman–Crippen LogP) is 1.47. The zero-order valence-electron chi connectivity index (χ0n) is 13.2. The Morgan fingerprint density at radius 2 is 1.74 bits per heavy atom. The summed E-state index contributed by atoms with van der Waals surface area (Å²) in [5, 5.41) is 9.07. The van der Waals surface area contributed by atoms with Crippen LogP contribution in [0, 0.1) is 0 Å². The second kappa shape index (κ2) is 7.21. The molecule has 0 saturated carbocycles. The topological polar surface area (TPSA) is 74.8 Å². The second-order valence-corrected chi connectivity index (χ2v) is 5.97. The minimum absolute atomic E-state index is 0.419. The average Bonchev–Trinajstić information content (AvgIpc) is 2.20. The number of alkyl carbamates (subject to hydrolysis) is 1. The van der Waals surface area contributed by atoms with Crippen molar-refractivity contribution in [3.63, 3.8) is 0 Å². The van der Waals surface area contributed by atoms with Crippen molar-refractivity contribution in [1.82, 2.24) is 16.0 Å². The zero-order valence-corrected chi connectivity index (χ0v) is 13.2. The van der Waals surface area contributed by atoms with E-state index in [2.05, 4.69) is 20.9 Å². The highest BCUT2D eigenvalue weighted by Gasteiger charge is 2.24. The first-order valence-electron chi connectivity index (χ1n) is 6.55. The maximum absolute atomic E-state index is 11.7. The fourth-order valence-electron chi connectivity index (χ4n) is 1.32. The normalized spacial score (nSPS) is 12.9. The third-order valence-corrected chi connectivity index (χ3v) is 2.10. The van der Waals surface area contributed by atoms with Gasteiger partial charge >= 0.3 is 6.09 Å². The molecular weight excluding hydrogens is 244 g/mol. The minimum Gasteiger partial charge on any atom is -0.444 e. The molecule has 0 heterocycles. The van der Waals surface area contributed by atoms with Crippen molar-refractivity contribution in [1.29, 1.82) is 0 Å². The summed E-state index contributed by atoms with van der Waals surface area (Å²) in [5.41, 5.74) is -0.929. The van der Waals surface area contributed by atoms with Crippen LogP contribution in [-0.2, 0) is 4.74 Å². The first-order valence-corrected chi connectivity index (χ1v) is 6.55. The molecule has 0 aliphatic rings. The fraction of sp³-hybridized carbons (Fsp3) is 0.846. The van der Waals surface area contributed by atoms with Crippen LogP contribution in [0.1, 0.15) is 41.5 Å². The zero-order chi connectivity index (χ0) is 15.1. The van der Waals surface area contributed by atoms with Crippen molar-refractivity contribution >= 4 is 12.1 Å². The maximum Gasteiger partial charge on any atom is 0.408 e. The lowest BCUT2D eigenvalue weighted by molar-refractivity contribution is 0.0474. The Morgan fingerprint density at radius 3 is 2.16 bits per heavy atom. The summed E-state index contributed by atoms with van der Waals surface area (Å²) < 4.78 is 5.23. The molecule has 0 bridgehead atoms. The SMILES string of the molecule is CCNC(=NC)NCC(C)(C)NC(=O)OC(C)(C)C. The molecule has 0 aliphatic carbocycles. The van der Waals surface area contributed by atoms with Crippen LogP contribution in [0.2, 0.25) is 0 Å².